The molecular weight excluding hydrogens is 371 g/mol. The molecule has 28 heavy (non-hydrogen) atoms. The molecule has 1 aliphatic heterocycles. The fourth-order valence-electron chi connectivity index (χ4n) is 3.57. The van der Waals surface area contributed by atoms with E-state index in [1.807, 2.05) is 42.5 Å². The Labute approximate surface area is 158 Å². The predicted molar refractivity (Wildman–Crippen MR) is 97.9 cm³/mol. The lowest BCUT2D eigenvalue weighted by Crippen LogP contribution is -2.33. The summed E-state index contributed by atoms with van der Waals surface area (Å²) in [6.45, 7) is -0.765. The molecule has 0 amide bonds. The number of rotatable bonds is 3. The first-order chi connectivity index (χ1) is 13.3. The van der Waals surface area contributed by atoms with E-state index >= 15 is 0 Å². The van der Waals surface area contributed by atoms with E-state index < -0.39 is 30.5 Å². The van der Waals surface area contributed by atoms with Crippen LogP contribution in [0.3, 0.4) is 0 Å². The van der Waals surface area contributed by atoms with Gasteiger partial charge in [0, 0.05) is 24.0 Å². The molecule has 0 unspecified atom stereocenters. The van der Waals surface area contributed by atoms with Gasteiger partial charge in [-0.2, -0.15) is 13.2 Å². The Bertz CT molecular complexity index is 1020. The molecule has 0 saturated carbocycles. The van der Waals surface area contributed by atoms with Crippen molar-refractivity contribution < 1.29 is 23.1 Å². The quantitative estimate of drug-likeness (QED) is 0.736. The van der Waals surface area contributed by atoms with Gasteiger partial charge in [-0.1, -0.05) is 48.5 Å². The zero-order chi connectivity index (χ0) is 19.9. The van der Waals surface area contributed by atoms with Gasteiger partial charge in [0.1, 0.15) is 0 Å². The minimum absolute atomic E-state index is 0.107. The Balaban J connectivity index is 1.81. The summed E-state index contributed by atoms with van der Waals surface area (Å²) in [4.78, 5) is 21.6. The zero-order valence-electron chi connectivity index (χ0n) is 14.6. The summed E-state index contributed by atoms with van der Waals surface area (Å²) in [5, 5.41) is 10.0. The summed E-state index contributed by atoms with van der Waals surface area (Å²) in [6, 6.07) is 16.5. The van der Waals surface area contributed by atoms with Crippen molar-refractivity contribution in [1.29, 1.82) is 0 Å². The highest BCUT2D eigenvalue weighted by Crippen LogP contribution is 2.39. The van der Waals surface area contributed by atoms with E-state index in [0.29, 0.717) is 11.2 Å². The monoisotopic (exact) mass is 387 g/mol. The van der Waals surface area contributed by atoms with Crippen molar-refractivity contribution in [3.05, 3.63) is 54.6 Å². The lowest BCUT2D eigenvalue weighted by molar-refractivity contribution is -0.187. The molecule has 144 valence electrons. The molecule has 4 rings (SSSR count). The van der Waals surface area contributed by atoms with Crippen molar-refractivity contribution in [3.8, 4) is 11.3 Å². The molecule has 2 aromatic carbocycles. The number of carboxylic acids is 1. The summed E-state index contributed by atoms with van der Waals surface area (Å²) in [5.41, 5.74) is 2.00. The maximum atomic E-state index is 13.3. The second-order valence-electron chi connectivity index (χ2n) is 6.75. The van der Waals surface area contributed by atoms with Gasteiger partial charge in [0.2, 0.25) is 5.95 Å². The molecule has 0 spiro atoms. The Hall–Kier alpha value is -3.16. The topological polar surface area (TPSA) is 66.3 Å². The molecule has 3 aromatic rings. The van der Waals surface area contributed by atoms with Crippen LogP contribution in [0, 0.1) is 11.8 Å². The summed E-state index contributed by atoms with van der Waals surface area (Å²) in [7, 11) is 0. The maximum absolute atomic E-state index is 13.3. The van der Waals surface area contributed by atoms with Gasteiger partial charge < -0.3 is 10.0 Å². The Morgan fingerprint density at radius 1 is 1.00 bits per heavy atom. The Kier molecular flexibility index (Phi) is 4.41. The third-order valence-corrected chi connectivity index (χ3v) is 4.98. The molecule has 8 heteroatoms. The molecule has 1 aromatic heterocycles. The van der Waals surface area contributed by atoms with E-state index in [2.05, 4.69) is 9.97 Å². The van der Waals surface area contributed by atoms with E-state index in [1.165, 1.54) is 4.90 Å². The molecule has 1 saturated heterocycles. The van der Waals surface area contributed by atoms with Crippen molar-refractivity contribution in [2.75, 3.05) is 18.0 Å². The van der Waals surface area contributed by atoms with E-state index in [-0.39, 0.29) is 12.5 Å². The van der Waals surface area contributed by atoms with Crippen LogP contribution in [-0.4, -0.2) is 40.3 Å². The minimum atomic E-state index is -4.60. The van der Waals surface area contributed by atoms with Crippen molar-refractivity contribution in [3.63, 3.8) is 0 Å². The third kappa shape index (κ3) is 3.26. The molecule has 0 bridgehead atoms. The van der Waals surface area contributed by atoms with Gasteiger partial charge in [0.25, 0.3) is 0 Å². The molecular formula is C20H16F3N3O2. The fourth-order valence-corrected chi connectivity index (χ4v) is 3.57. The average molecular weight is 387 g/mol. The number of aliphatic carboxylic acids is 1. The second-order valence-corrected chi connectivity index (χ2v) is 6.75. The smallest absolute Gasteiger partial charge is 0.394 e. The number of carboxylic acid groups (broad SMARTS) is 1. The largest absolute Gasteiger partial charge is 0.481 e. The molecule has 2 heterocycles. The lowest BCUT2D eigenvalue weighted by atomic mass is 9.96. The SMILES string of the molecule is O=C(O)[C@@H]1CN(c2nc(-c3ccccc3)c3ccccc3n2)C[C@H]1C(F)(F)F. The highest BCUT2D eigenvalue weighted by atomic mass is 19.4. The van der Waals surface area contributed by atoms with Gasteiger partial charge in [-0.05, 0) is 6.07 Å². The van der Waals surface area contributed by atoms with Gasteiger partial charge in [0.15, 0.2) is 0 Å². The number of hydrogen-bond donors (Lipinski definition) is 1. The molecule has 1 N–H and O–H groups in total. The van der Waals surface area contributed by atoms with Crippen LogP contribution in [0.25, 0.3) is 22.2 Å². The summed E-state index contributed by atoms with van der Waals surface area (Å²) < 4.78 is 40.0. The average Bonchev–Trinajstić information content (AvgIpc) is 3.14. The lowest BCUT2D eigenvalue weighted by Gasteiger charge is -2.19. The summed E-state index contributed by atoms with van der Waals surface area (Å²) in [6.07, 6.45) is -4.60. The molecule has 2 atom stereocenters. The van der Waals surface area contributed by atoms with E-state index in [4.69, 9.17) is 0 Å². The van der Waals surface area contributed by atoms with Crippen molar-refractivity contribution in [2.45, 2.75) is 6.18 Å². The Morgan fingerprint density at radius 3 is 2.32 bits per heavy atom. The molecule has 5 nitrogen and oxygen atoms in total. The molecule has 0 radical (unpaired) electrons. The van der Waals surface area contributed by atoms with Crippen molar-refractivity contribution >= 4 is 22.8 Å². The fraction of sp³-hybridized carbons (Fsp3) is 0.250. The van der Waals surface area contributed by atoms with Crippen LogP contribution in [-0.2, 0) is 4.79 Å². The summed E-state index contributed by atoms with van der Waals surface area (Å²) >= 11 is 0. The van der Waals surface area contributed by atoms with Crippen LogP contribution in [0.2, 0.25) is 0 Å². The van der Waals surface area contributed by atoms with Crippen LogP contribution < -0.4 is 4.90 Å². The number of para-hydroxylation sites is 1. The van der Waals surface area contributed by atoms with E-state index in [0.717, 1.165) is 10.9 Å². The minimum Gasteiger partial charge on any atom is -0.481 e. The first-order valence-corrected chi connectivity index (χ1v) is 8.71. The van der Waals surface area contributed by atoms with Gasteiger partial charge in [-0.15, -0.1) is 0 Å². The van der Waals surface area contributed by atoms with Crippen molar-refractivity contribution in [1.82, 2.24) is 9.97 Å². The van der Waals surface area contributed by atoms with Gasteiger partial charge in [-0.3, -0.25) is 4.79 Å². The summed E-state index contributed by atoms with van der Waals surface area (Å²) in [5.74, 6) is -4.86. The number of benzene rings is 2. The van der Waals surface area contributed by atoms with Gasteiger partial charge in [0.05, 0.1) is 23.0 Å². The van der Waals surface area contributed by atoms with Crippen LogP contribution >= 0.6 is 0 Å². The van der Waals surface area contributed by atoms with Crippen LogP contribution in [0.15, 0.2) is 54.6 Å². The van der Waals surface area contributed by atoms with Crippen LogP contribution in [0.4, 0.5) is 19.1 Å². The number of hydrogen-bond acceptors (Lipinski definition) is 4. The van der Waals surface area contributed by atoms with Crippen molar-refractivity contribution in [2.24, 2.45) is 11.8 Å². The Morgan fingerprint density at radius 2 is 1.68 bits per heavy atom. The second kappa shape index (κ2) is 6.78. The van der Waals surface area contributed by atoms with E-state index in [1.54, 1.807) is 12.1 Å². The van der Waals surface area contributed by atoms with Gasteiger partial charge >= 0.3 is 12.1 Å². The van der Waals surface area contributed by atoms with Crippen LogP contribution in [0.1, 0.15) is 0 Å². The number of fused-ring (bicyclic) bond motifs is 1. The number of aromatic nitrogens is 2. The zero-order valence-corrected chi connectivity index (χ0v) is 14.6. The number of nitrogens with zero attached hydrogens (tertiary/aromatic N) is 3. The first kappa shape index (κ1) is 18.2. The molecule has 1 fully saturated rings. The van der Waals surface area contributed by atoms with Gasteiger partial charge in [-0.25, -0.2) is 9.97 Å². The number of alkyl halides is 3. The predicted octanol–water partition coefficient (Wildman–Crippen LogP) is 4.00. The highest BCUT2D eigenvalue weighted by Gasteiger charge is 2.53. The normalized spacial score (nSPS) is 19.9. The maximum Gasteiger partial charge on any atom is 0.394 e. The molecule has 0 aliphatic carbocycles. The standard InChI is InChI=1S/C20H16F3N3O2/c21-20(22,23)15-11-26(10-14(15)18(27)28)19-24-16-9-5-4-8-13(16)17(25-19)12-6-2-1-3-7-12/h1-9,14-15H,10-11H2,(H,27,28)/t14-,15-/m1/s1. The third-order valence-electron chi connectivity index (χ3n) is 4.98. The molecule has 1 aliphatic rings. The van der Waals surface area contributed by atoms with Crippen LogP contribution in [0.5, 0.6) is 0 Å². The number of anilines is 1. The first-order valence-electron chi connectivity index (χ1n) is 8.71. The number of halogens is 3. The number of carbonyl (C=O) groups is 1. The highest BCUT2D eigenvalue weighted by molar-refractivity contribution is 5.93. The van der Waals surface area contributed by atoms with E-state index in [9.17, 15) is 23.1 Å².